The average molecular weight is 398 g/mol. The molecule has 0 aromatic rings. The molecule has 158 valence electrons. The van der Waals surface area contributed by atoms with Crippen LogP contribution in [0.2, 0.25) is 0 Å². The van der Waals surface area contributed by atoms with Crippen molar-refractivity contribution in [1.29, 1.82) is 0 Å². The third-order valence-corrected chi connectivity index (χ3v) is 9.00. The third-order valence-electron chi connectivity index (χ3n) is 9.00. The highest BCUT2D eigenvalue weighted by Gasteiger charge is 2.57. The number of fused-ring (bicyclic) bond motifs is 5. The molecule has 0 N–H and O–H groups in total. The molecule has 5 aliphatic rings. The van der Waals surface area contributed by atoms with Crippen molar-refractivity contribution in [3.05, 3.63) is 35.1 Å². The molecule has 0 radical (unpaired) electrons. The Bertz CT molecular complexity index is 824. The van der Waals surface area contributed by atoms with E-state index < -0.39 is 6.41 Å². The van der Waals surface area contributed by atoms with Gasteiger partial charge >= 0.3 is 0 Å². The summed E-state index contributed by atoms with van der Waals surface area (Å²) < 4.78 is 16.8. The molecule has 0 amide bonds. The molecule has 5 rings (SSSR count). The smallest absolute Gasteiger partial charge is 0.258 e. The van der Waals surface area contributed by atoms with Crippen molar-refractivity contribution < 1.29 is 14.2 Å². The van der Waals surface area contributed by atoms with Crippen LogP contribution in [0.5, 0.6) is 0 Å². The first-order valence-electron chi connectivity index (χ1n) is 11.3. The highest BCUT2D eigenvalue weighted by atomic mass is 16.7. The molecule has 0 bridgehead atoms. The van der Waals surface area contributed by atoms with E-state index in [2.05, 4.69) is 39.0 Å². The van der Waals surface area contributed by atoms with Crippen LogP contribution in [0.3, 0.4) is 0 Å². The summed E-state index contributed by atoms with van der Waals surface area (Å²) in [5.74, 6) is 3.38. The second-order valence-corrected chi connectivity index (χ2v) is 10.1. The first-order valence-corrected chi connectivity index (χ1v) is 11.3. The zero-order valence-electron chi connectivity index (χ0n) is 18.5. The van der Waals surface area contributed by atoms with Gasteiger partial charge in [-0.2, -0.15) is 0 Å². The number of hydrogen-bond donors (Lipinski definition) is 0. The Balaban J connectivity index is 1.45. The van der Waals surface area contributed by atoms with Crippen LogP contribution in [0.1, 0.15) is 59.3 Å². The maximum atomic E-state index is 5.88. The van der Waals surface area contributed by atoms with Crippen LogP contribution in [0.4, 0.5) is 0 Å². The molecule has 7 atom stereocenters. The number of allylic oxidation sites excluding steroid dienone is 5. The lowest BCUT2D eigenvalue weighted by Gasteiger charge is -2.56. The van der Waals surface area contributed by atoms with Gasteiger partial charge in [-0.1, -0.05) is 26.0 Å². The third kappa shape index (κ3) is 2.75. The summed E-state index contributed by atoms with van der Waals surface area (Å²) in [6.45, 7) is 7.12. The summed E-state index contributed by atoms with van der Waals surface area (Å²) in [5, 5.41) is 0. The van der Waals surface area contributed by atoms with Crippen molar-refractivity contribution >= 4 is 5.71 Å². The highest BCUT2D eigenvalue weighted by Crippen LogP contribution is 2.65. The van der Waals surface area contributed by atoms with Gasteiger partial charge in [0.05, 0.1) is 18.6 Å². The highest BCUT2D eigenvalue weighted by molar-refractivity contribution is 6.05. The van der Waals surface area contributed by atoms with Gasteiger partial charge in [-0.05, 0) is 84.8 Å². The van der Waals surface area contributed by atoms with Crippen LogP contribution in [-0.4, -0.2) is 32.4 Å². The topological polar surface area (TPSA) is 40.0 Å². The molecule has 1 aliphatic heterocycles. The molecule has 29 heavy (non-hydrogen) atoms. The summed E-state index contributed by atoms with van der Waals surface area (Å²) in [5.41, 5.74) is 4.62. The predicted molar refractivity (Wildman–Crippen MR) is 114 cm³/mol. The van der Waals surface area contributed by atoms with Gasteiger partial charge in [-0.3, -0.25) is 0 Å². The van der Waals surface area contributed by atoms with E-state index in [1.807, 2.05) is 7.11 Å². The van der Waals surface area contributed by atoms with Gasteiger partial charge in [-0.15, -0.1) is 0 Å². The normalized spacial score (nSPS) is 46.0. The van der Waals surface area contributed by atoms with Gasteiger partial charge in [0.25, 0.3) is 6.41 Å². The van der Waals surface area contributed by atoms with E-state index in [1.54, 1.807) is 7.11 Å². The molecule has 1 heterocycles. The second-order valence-electron chi connectivity index (χ2n) is 10.1. The second kappa shape index (κ2) is 6.81. The van der Waals surface area contributed by atoms with Crippen LogP contribution >= 0.6 is 0 Å². The van der Waals surface area contributed by atoms with Gasteiger partial charge in [0.2, 0.25) is 0 Å². The van der Waals surface area contributed by atoms with Crippen molar-refractivity contribution in [2.45, 2.75) is 71.8 Å². The van der Waals surface area contributed by atoms with Crippen molar-refractivity contribution in [1.82, 2.24) is 0 Å². The quantitative estimate of drug-likeness (QED) is 0.639. The van der Waals surface area contributed by atoms with Gasteiger partial charge in [0.15, 0.2) is 0 Å². The molecule has 4 nitrogen and oxygen atoms in total. The van der Waals surface area contributed by atoms with Crippen molar-refractivity contribution in [2.24, 2.45) is 33.6 Å². The molecule has 0 saturated heterocycles. The van der Waals surface area contributed by atoms with Crippen molar-refractivity contribution in [3.8, 4) is 0 Å². The molecular weight excluding hydrogens is 362 g/mol. The molecule has 0 spiro atoms. The Kier molecular flexibility index (Phi) is 4.60. The molecule has 0 aromatic heterocycles. The van der Waals surface area contributed by atoms with Gasteiger partial charge in [0, 0.05) is 13.5 Å². The minimum absolute atomic E-state index is 0.0193. The molecular formula is C25H35NO3. The Morgan fingerprint density at radius 3 is 2.62 bits per heavy atom. The fourth-order valence-corrected chi connectivity index (χ4v) is 7.31. The van der Waals surface area contributed by atoms with Crippen molar-refractivity contribution in [2.75, 3.05) is 14.2 Å². The summed E-state index contributed by atoms with van der Waals surface area (Å²) >= 11 is 0. The van der Waals surface area contributed by atoms with E-state index in [9.17, 15) is 0 Å². The lowest BCUT2D eigenvalue weighted by atomic mass is 9.48. The number of nitrogens with zero attached hydrogens (tertiary/aromatic N) is 1. The zero-order chi connectivity index (χ0) is 20.4. The Morgan fingerprint density at radius 1 is 1.07 bits per heavy atom. The average Bonchev–Trinajstić information content (AvgIpc) is 3.26. The van der Waals surface area contributed by atoms with Gasteiger partial charge < -0.3 is 14.2 Å². The number of rotatable bonds is 3. The largest absolute Gasteiger partial charge is 0.501 e. The van der Waals surface area contributed by atoms with Crippen LogP contribution in [0.15, 0.2) is 40.1 Å². The summed E-state index contributed by atoms with van der Waals surface area (Å²) in [7, 11) is 3.48. The number of ether oxygens (including phenoxy) is 3. The maximum Gasteiger partial charge on any atom is 0.258 e. The van der Waals surface area contributed by atoms with E-state index in [-0.39, 0.29) is 11.5 Å². The molecule has 1 saturated carbocycles. The SMILES string of the molecule is COC1=CC2=CC[C@@H]3[C@H](CC[C@]4(C)C(C5=NC(OC)OC5C)=CC[C@@H]34)[C@@]2(C)CC1. The minimum atomic E-state index is -0.442. The van der Waals surface area contributed by atoms with Crippen LogP contribution < -0.4 is 0 Å². The standard InChI is InChI=1S/C25H35NO3/c1-15-22(26-23(28-5)29-15)21-9-8-19-18-7-6-16-14-17(27-4)10-12-24(16,2)20(18)11-13-25(19,21)3/h6,9,14-15,18-20,23H,7-8,10-13H2,1-5H3/t15?,18-,19-,20-,23?,24-,25-/m0/s1. The maximum absolute atomic E-state index is 5.88. The lowest BCUT2D eigenvalue weighted by molar-refractivity contribution is -0.113. The fraction of sp³-hybridized carbons (Fsp3) is 0.720. The van der Waals surface area contributed by atoms with Crippen molar-refractivity contribution in [3.63, 3.8) is 0 Å². The summed E-state index contributed by atoms with van der Waals surface area (Å²) in [4.78, 5) is 4.78. The molecule has 1 fully saturated rings. The zero-order valence-corrected chi connectivity index (χ0v) is 18.5. The van der Waals surface area contributed by atoms with Crippen LogP contribution in [0.25, 0.3) is 0 Å². The Morgan fingerprint density at radius 2 is 1.90 bits per heavy atom. The summed E-state index contributed by atoms with van der Waals surface area (Å²) in [6, 6.07) is 0. The van der Waals surface area contributed by atoms with E-state index in [1.165, 1.54) is 43.3 Å². The van der Waals surface area contributed by atoms with E-state index in [0.717, 1.165) is 29.7 Å². The first-order chi connectivity index (χ1) is 13.9. The van der Waals surface area contributed by atoms with Gasteiger partial charge in [0.1, 0.15) is 6.10 Å². The van der Waals surface area contributed by atoms with Gasteiger partial charge in [-0.25, -0.2) is 4.99 Å². The lowest BCUT2D eigenvalue weighted by Crippen LogP contribution is -2.49. The Hall–Kier alpha value is -1.39. The Labute approximate surface area is 175 Å². The fourth-order valence-electron chi connectivity index (χ4n) is 7.31. The van der Waals surface area contributed by atoms with E-state index in [0.29, 0.717) is 11.3 Å². The minimum Gasteiger partial charge on any atom is -0.501 e. The van der Waals surface area contributed by atoms with E-state index >= 15 is 0 Å². The number of aliphatic imine (C=N–C) groups is 1. The number of hydrogen-bond acceptors (Lipinski definition) is 4. The monoisotopic (exact) mass is 397 g/mol. The predicted octanol–water partition coefficient (Wildman–Crippen LogP) is 5.42. The first kappa shape index (κ1) is 19.6. The molecule has 0 aromatic carbocycles. The van der Waals surface area contributed by atoms with E-state index in [4.69, 9.17) is 19.2 Å². The van der Waals surface area contributed by atoms with Crippen LogP contribution in [0, 0.1) is 28.6 Å². The summed E-state index contributed by atoms with van der Waals surface area (Å²) in [6.07, 6.45) is 14.1. The molecule has 2 unspecified atom stereocenters. The van der Waals surface area contributed by atoms with Crippen LogP contribution in [-0.2, 0) is 14.2 Å². The molecule has 4 aliphatic carbocycles. The number of methoxy groups -OCH3 is 2. The molecule has 4 heteroatoms.